The number of ether oxygens (including phenoxy) is 1. The average Bonchev–Trinajstić information content (AvgIpc) is 2.03. The lowest BCUT2D eigenvalue weighted by Crippen LogP contribution is -2.43. The Kier molecular flexibility index (Phi) is 3.51. The lowest BCUT2D eigenvalue weighted by atomic mass is 10.2. The van der Waals surface area contributed by atoms with Crippen molar-refractivity contribution >= 4 is 0 Å². The van der Waals surface area contributed by atoms with Crippen molar-refractivity contribution in [1.82, 2.24) is 4.90 Å². The average molecular weight is 168 g/mol. The zero-order valence-electron chi connectivity index (χ0n) is 7.79. The molecule has 1 rings (SSSR count). The van der Waals surface area contributed by atoms with E-state index in [0.717, 1.165) is 19.6 Å². The lowest BCUT2D eigenvalue weighted by Gasteiger charge is -2.30. The van der Waals surface area contributed by atoms with Gasteiger partial charge in [0.05, 0.1) is 12.7 Å². The van der Waals surface area contributed by atoms with Crippen molar-refractivity contribution in [3.63, 3.8) is 0 Å². The monoisotopic (exact) mass is 168 g/mol. The highest BCUT2D eigenvalue weighted by Gasteiger charge is 2.19. The summed E-state index contributed by atoms with van der Waals surface area (Å²) in [7, 11) is 0. The van der Waals surface area contributed by atoms with Crippen LogP contribution in [-0.4, -0.2) is 37.2 Å². The van der Waals surface area contributed by atoms with Crippen LogP contribution in [0.3, 0.4) is 0 Å². The summed E-state index contributed by atoms with van der Waals surface area (Å²) in [6.45, 7) is 7.89. The van der Waals surface area contributed by atoms with Crippen LogP contribution < -0.4 is 0 Å². The normalized spacial score (nSPS) is 25.7. The van der Waals surface area contributed by atoms with Gasteiger partial charge in [0, 0.05) is 19.6 Å². The largest absolute Gasteiger partial charge is 0.361 e. The van der Waals surface area contributed by atoms with Crippen molar-refractivity contribution in [3.05, 3.63) is 0 Å². The van der Waals surface area contributed by atoms with Crippen LogP contribution in [0.4, 0.5) is 0 Å². The minimum atomic E-state index is -0.211. The molecular formula is C9H16N2O. The second-order valence-corrected chi connectivity index (χ2v) is 3.64. The van der Waals surface area contributed by atoms with Crippen molar-refractivity contribution in [2.45, 2.75) is 20.0 Å². The third kappa shape index (κ3) is 2.80. The van der Waals surface area contributed by atoms with Gasteiger partial charge in [0.15, 0.2) is 6.10 Å². The molecule has 0 aromatic carbocycles. The molecule has 0 aromatic heterocycles. The van der Waals surface area contributed by atoms with Crippen molar-refractivity contribution in [3.8, 4) is 6.07 Å². The van der Waals surface area contributed by atoms with Crippen molar-refractivity contribution in [2.75, 3.05) is 26.2 Å². The van der Waals surface area contributed by atoms with Gasteiger partial charge in [-0.3, -0.25) is 4.90 Å². The molecule has 0 N–H and O–H groups in total. The Hall–Kier alpha value is -0.590. The fourth-order valence-electron chi connectivity index (χ4n) is 1.46. The molecule has 12 heavy (non-hydrogen) atoms. The van der Waals surface area contributed by atoms with E-state index in [0.29, 0.717) is 12.5 Å². The van der Waals surface area contributed by atoms with Crippen LogP contribution in [0.25, 0.3) is 0 Å². The quantitative estimate of drug-likeness (QED) is 0.613. The lowest BCUT2D eigenvalue weighted by molar-refractivity contribution is -0.00334. The maximum atomic E-state index is 8.64. The molecule has 68 valence electrons. The Morgan fingerprint density at radius 3 is 3.00 bits per heavy atom. The summed E-state index contributed by atoms with van der Waals surface area (Å²) in [6.07, 6.45) is -0.211. The Bertz CT molecular complexity index is 174. The summed E-state index contributed by atoms with van der Waals surface area (Å²) >= 11 is 0. The topological polar surface area (TPSA) is 36.3 Å². The Labute approximate surface area is 73.9 Å². The molecule has 1 heterocycles. The van der Waals surface area contributed by atoms with Gasteiger partial charge in [-0.15, -0.1) is 0 Å². The molecule has 1 aliphatic rings. The van der Waals surface area contributed by atoms with E-state index >= 15 is 0 Å². The van der Waals surface area contributed by atoms with E-state index in [1.54, 1.807) is 0 Å². The highest BCUT2D eigenvalue weighted by molar-refractivity contribution is 4.89. The third-order valence-corrected chi connectivity index (χ3v) is 1.92. The molecular weight excluding hydrogens is 152 g/mol. The summed E-state index contributed by atoms with van der Waals surface area (Å²) in [4.78, 5) is 2.29. The molecule has 1 unspecified atom stereocenters. The van der Waals surface area contributed by atoms with Gasteiger partial charge in [-0.2, -0.15) is 5.26 Å². The summed E-state index contributed by atoms with van der Waals surface area (Å²) < 4.78 is 5.24. The third-order valence-electron chi connectivity index (χ3n) is 1.92. The first kappa shape index (κ1) is 9.50. The Balaban J connectivity index is 2.32. The SMILES string of the molecule is CC(C)CN1CCOC(C#N)C1. The standard InChI is InChI=1S/C9H16N2O/c1-8(2)6-11-3-4-12-9(5-10)7-11/h8-9H,3-4,6-7H2,1-2H3. The summed E-state index contributed by atoms with van der Waals surface area (Å²) in [5.74, 6) is 0.669. The van der Waals surface area contributed by atoms with E-state index in [1.807, 2.05) is 0 Å². The molecule has 1 saturated heterocycles. The Morgan fingerprint density at radius 1 is 1.67 bits per heavy atom. The first-order valence-electron chi connectivity index (χ1n) is 4.46. The first-order chi connectivity index (χ1) is 5.72. The van der Waals surface area contributed by atoms with Crippen molar-refractivity contribution < 1.29 is 4.74 Å². The minimum absolute atomic E-state index is 0.211. The van der Waals surface area contributed by atoms with Gasteiger partial charge < -0.3 is 4.74 Å². The fourth-order valence-corrected chi connectivity index (χ4v) is 1.46. The van der Waals surface area contributed by atoms with E-state index in [2.05, 4.69) is 24.8 Å². The smallest absolute Gasteiger partial charge is 0.156 e. The number of hydrogen-bond donors (Lipinski definition) is 0. The van der Waals surface area contributed by atoms with Gasteiger partial charge in [-0.05, 0) is 5.92 Å². The fraction of sp³-hybridized carbons (Fsp3) is 0.889. The molecule has 0 aliphatic carbocycles. The van der Waals surface area contributed by atoms with E-state index in [1.165, 1.54) is 0 Å². The van der Waals surface area contributed by atoms with Crippen LogP contribution >= 0.6 is 0 Å². The molecule has 1 fully saturated rings. The molecule has 1 atom stereocenters. The molecule has 0 aromatic rings. The number of morpholine rings is 1. The highest BCUT2D eigenvalue weighted by atomic mass is 16.5. The number of rotatable bonds is 2. The molecule has 0 amide bonds. The van der Waals surface area contributed by atoms with E-state index in [-0.39, 0.29) is 6.10 Å². The predicted octanol–water partition coefficient (Wildman–Crippen LogP) is 0.867. The number of nitrogens with zero attached hydrogens (tertiary/aromatic N) is 2. The van der Waals surface area contributed by atoms with Gasteiger partial charge >= 0.3 is 0 Å². The van der Waals surface area contributed by atoms with Crippen LogP contribution in [-0.2, 0) is 4.74 Å². The maximum absolute atomic E-state index is 8.64. The van der Waals surface area contributed by atoms with E-state index in [9.17, 15) is 0 Å². The van der Waals surface area contributed by atoms with Crippen LogP contribution in [0.15, 0.2) is 0 Å². The molecule has 0 radical (unpaired) electrons. The van der Waals surface area contributed by atoms with E-state index in [4.69, 9.17) is 10.00 Å². The zero-order valence-corrected chi connectivity index (χ0v) is 7.79. The van der Waals surface area contributed by atoms with Gasteiger partial charge in [-0.25, -0.2) is 0 Å². The van der Waals surface area contributed by atoms with Gasteiger partial charge in [-0.1, -0.05) is 13.8 Å². The van der Waals surface area contributed by atoms with Crippen LogP contribution in [0.5, 0.6) is 0 Å². The number of nitriles is 1. The minimum Gasteiger partial charge on any atom is -0.361 e. The summed E-state index contributed by atoms with van der Waals surface area (Å²) in [5, 5.41) is 8.64. The van der Waals surface area contributed by atoms with Crippen molar-refractivity contribution in [2.24, 2.45) is 5.92 Å². The Morgan fingerprint density at radius 2 is 2.42 bits per heavy atom. The van der Waals surface area contributed by atoms with Crippen LogP contribution in [0.2, 0.25) is 0 Å². The molecule has 3 nitrogen and oxygen atoms in total. The summed E-state index contributed by atoms with van der Waals surface area (Å²) in [6, 6.07) is 2.14. The summed E-state index contributed by atoms with van der Waals surface area (Å²) in [5.41, 5.74) is 0. The van der Waals surface area contributed by atoms with Crippen molar-refractivity contribution in [1.29, 1.82) is 5.26 Å². The molecule has 3 heteroatoms. The number of hydrogen-bond acceptors (Lipinski definition) is 3. The zero-order chi connectivity index (χ0) is 8.97. The van der Waals surface area contributed by atoms with Gasteiger partial charge in [0.1, 0.15) is 0 Å². The predicted molar refractivity (Wildman–Crippen MR) is 46.6 cm³/mol. The van der Waals surface area contributed by atoms with E-state index < -0.39 is 0 Å². The highest BCUT2D eigenvalue weighted by Crippen LogP contribution is 2.06. The molecule has 0 bridgehead atoms. The second-order valence-electron chi connectivity index (χ2n) is 3.64. The van der Waals surface area contributed by atoms with Gasteiger partial charge in [0.2, 0.25) is 0 Å². The molecule has 1 aliphatic heterocycles. The maximum Gasteiger partial charge on any atom is 0.156 e. The second kappa shape index (κ2) is 4.44. The molecule has 0 spiro atoms. The first-order valence-corrected chi connectivity index (χ1v) is 4.46. The van der Waals surface area contributed by atoms with Gasteiger partial charge in [0.25, 0.3) is 0 Å². The van der Waals surface area contributed by atoms with Crippen LogP contribution in [0.1, 0.15) is 13.8 Å². The molecule has 0 saturated carbocycles. The van der Waals surface area contributed by atoms with Crippen LogP contribution in [0, 0.1) is 17.2 Å².